The van der Waals surface area contributed by atoms with Gasteiger partial charge in [-0.2, -0.15) is 0 Å². The Kier molecular flexibility index (Phi) is 13.8. The fraction of sp³-hybridized carbons (Fsp3) is 0.857. The number of likely N-dealkylation sites (N-methyl/N-ethyl adjacent to an activating group) is 1. The van der Waals surface area contributed by atoms with Crippen molar-refractivity contribution in [2.24, 2.45) is 5.92 Å². The molecule has 0 saturated carbocycles. The summed E-state index contributed by atoms with van der Waals surface area (Å²) in [7, 11) is 5.92. The molecule has 148 valence electrons. The summed E-state index contributed by atoms with van der Waals surface area (Å²) in [6.45, 7) is 2.69. The van der Waals surface area contributed by atoms with Gasteiger partial charge in [0.1, 0.15) is 12.6 Å². The van der Waals surface area contributed by atoms with E-state index in [4.69, 9.17) is 0 Å². The molecule has 0 fully saturated rings. The highest BCUT2D eigenvalue weighted by Gasteiger charge is 2.30. The minimum atomic E-state index is -0.865. The molecule has 25 heavy (non-hydrogen) atoms. The number of aliphatic carboxylic acids is 1. The monoisotopic (exact) mass is 356 g/mol. The summed E-state index contributed by atoms with van der Waals surface area (Å²) in [5, 5.41) is 19.5. The molecule has 0 heterocycles. The first kappa shape index (κ1) is 24.1. The van der Waals surface area contributed by atoms with E-state index in [2.05, 4.69) is 19.1 Å². The van der Waals surface area contributed by atoms with Gasteiger partial charge in [0.25, 0.3) is 0 Å². The number of carboxylic acid groups (broad SMARTS) is 1. The number of allylic oxidation sites excluding steroid dienone is 2. The van der Waals surface area contributed by atoms with Gasteiger partial charge in [-0.15, -0.1) is 0 Å². The summed E-state index contributed by atoms with van der Waals surface area (Å²) in [6.07, 6.45) is 16.2. The molecule has 2 atom stereocenters. The normalized spacial score (nSPS) is 14.8. The van der Waals surface area contributed by atoms with Crippen molar-refractivity contribution in [1.29, 1.82) is 0 Å². The smallest absolute Gasteiger partial charge is 0.309 e. The number of quaternary nitrogens is 1. The van der Waals surface area contributed by atoms with Crippen LogP contribution in [0.5, 0.6) is 0 Å². The van der Waals surface area contributed by atoms with E-state index in [0.717, 1.165) is 19.3 Å². The van der Waals surface area contributed by atoms with Crippen molar-refractivity contribution >= 4 is 5.97 Å². The SMILES string of the molecule is CCCC/C=C\CCCCCCCCC(C(=O)O)C(O)C[N+](C)(C)C. The maximum atomic E-state index is 11.4. The zero-order valence-electron chi connectivity index (χ0n) is 17.0. The van der Waals surface area contributed by atoms with Crippen molar-refractivity contribution in [2.45, 2.75) is 83.7 Å². The molecule has 0 radical (unpaired) electrons. The zero-order valence-corrected chi connectivity index (χ0v) is 17.0. The number of aliphatic hydroxyl groups is 1. The lowest BCUT2D eigenvalue weighted by atomic mass is 9.94. The van der Waals surface area contributed by atoms with Crippen LogP contribution < -0.4 is 0 Å². The molecule has 0 aliphatic heterocycles. The summed E-state index contributed by atoms with van der Waals surface area (Å²) >= 11 is 0. The lowest BCUT2D eigenvalue weighted by Crippen LogP contribution is -2.45. The first-order valence-electron chi connectivity index (χ1n) is 10.1. The van der Waals surface area contributed by atoms with Crippen LogP contribution in [0.4, 0.5) is 0 Å². The number of carbonyl (C=O) groups is 1. The average molecular weight is 357 g/mol. The Balaban J connectivity index is 3.73. The van der Waals surface area contributed by atoms with Crippen LogP contribution >= 0.6 is 0 Å². The standard InChI is InChI=1S/C21H41NO3/c1-5-6-7-8-9-10-11-12-13-14-15-16-17-19(21(24)25)20(23)18-22(2,3)4/h8-9,19-20,23H,5-7,10-18H2,1-4H3/p+1/b9-8-. The minimum Gasteiger partial charge on any atom is -0.481 e. The molecule has 0 aromatic heterocycles. The van der Waals surface area contributed by atoms with Crippen LogP contribution in [-0.2, 0) is 4.79 Å². The summed E-state index contributed by atoms with van der Waals surface area (Å²) in [4.78, 5) is 11.4. The van der Waals surface area contributed by atoms with E-state index in [9.17, 15) is 15.0 Å². The highest BCUT2D eigenvalue weighted by Crippen LogP contribution is 2.18. The quantitative estimate of drug-likeness (QED) is 0.241. The number of hydrogen-bond acceptors (Lipinski definition) is 2. The fourth-order valence-corrected chi connectivity index (χ4v) is 3.06. The maximum Gasteiger partial charge on any atom is 0.309 e. The van der Waals surface area contributed by atoms with E-state index in [1.54, 1.807) is 0 Å². The third-order valence-corrected chi connectivity index (χ3v) is 4.54. The summed E-state index contributed by atoms with van der Waals surface area (Å²) in [5.74, 6) is -1.50. The van der Waals surface area contributed by atoms with E-state index < -0.39 is 18.0 Å². The highest BCUT2D eigenvalue weighted by molar-refractivity contribution is 5.70. The van der Waals surface area contributed by atoms with Crippen molar-refractivity contribution in [3.05, 3.63) is 12.2 Å². The van der Waals surface area contributed by atoms with Crippen molar-refractivity contribution in [2.75, 3.05) is 27.7 Å². The van der Waals surface area contributed by atoms with Gasteiger partial charge < -0.3 is 14.7 Å². The lowest BCUT2D eigenvalue weighted by Gasteiger charge is -2.29. The van der Waals surface area contributed by atoms with Crippen molar-refractivity contribution in [1.82, 2.24) is 0 Å². The maximum absolute atomic E-state index is 11.4. The van der Waals surface area contributed by atoms with Crippen LogP contribution in [0.2, 0.25) is 0 Å². The Hall–Kier alpha value is -0.870. The molecule has 0 aromatic carbocycles. The topological polar surface area (TPSA) is 57.5 Å². The Morgan fingerprint density at radius 3 is 1.96 bits per heavy atom. The van der Waals surface area contributed by atoms with Gasteiger partial charge in [-0.05, 0) is 25.7 Å². The van der Waals surface area contributed by atoms with Gasteiger partial charge in [0.15, 0.2) is 0 Å². The zero-order chi connectivity index (χ0) is 19.1. The van der Waals surface area contributed by atoms with Crippen LogP contribution in [0.3, 0.4) is 0 Å². The van der Waals surface area contributed by atoms with Gasteiger partial charge in [0.2, 0.25) is 0 Å². The third-order valence-electron chi connectivity index (χ3n) is 4.54. The molecule has 0 aliphatic rings. The summed E-state index contributed by atoms with van der Waals surface area (Å²) < 4.78 is 0.581. The number of hydrogen-bond donors (Lipinski definition) is 2. The summed E-state index contributed by atoms with van der Waals surface area (Å²) in [6, 6.07) is 0. The number of unbranched alkanes of at least 4 members (excludes halogenated alkanes) is 8. The van der Waals surface area contributed by atoms with Gasteiger partial charge in [-0.1, -0.05) is 64.0 Å². The largest absolute Gasteiger partial charge is 0.481 e. The van der Waals surface area contributed by atoms with E-state index in [1.165, 1.54) is 44.9 Å². The Morgan fingerprint density at radius 2 is 1.44 bits per heavy atom. The van der Waals surface area contributed by atoms with Crippen molar-refractivity contribution in [3.8, 4) is 0 Å². The molecule has 4 nitrogen and oxygen atoms in total. The first-order chi connectivity index (χ1) is 11.8. The molecule has 4 heteroatoms. The lowest BCUT2D eigenvalue weighted by molar-refractivity contribution is -0.874. The molecular weight excluding hydrogens is 314 g/mol. The Morgan fingerprint density at radius 1 is 0.920 bits per heavy atom. The number of carboxylic acids is 1. The molecule has 0 spiro atoms. The van der Waals surface area contributed by atoms with Crippen molar-refractivity contribution < 1.29 is 19.5 Å². The molecule has 2 unspecified atom stereocenters. The van der Waals surface area contributed by atoms with Gasteiger partial charge in [-0.3, -0.25) is 4.79 Å². The molecule has 0 aromatic rings. The minimum absolute atomic E-state index is 0.475. The second kappa shape index (κ2) is 14.3. The van der Waals surface area contributed by atoms with Gasteiger partial charge in [0, 0.05) is 0 Å². The van der Waals surface area contributed by atoms with Gasteiger partial charge >= 0.3 is 5.97 Å². The molecule has 0 aliphatic carbocycles. The third kappa shape index (κ3) is 15.1. The molecule has 0 amide bonds. The predicted molar refractivity (Wildman–Crippen MR) is 106 cm³/mol. The fourth-order valence-electron chi connectivity index (χ4n) is 3.06. The average Bonchev–Trinajstić information content (AvgIpc) is 2.49. The van der Waals surface area contributed by atoms with E-state index in [0.29, 0.717) is 17.4 Å². The number of rotatable bonds is 16. The molecule has 0 rings (SSSR count). The highest BCUT2D eigenvalue weighted by atomic mass is 16.4. The summed E-state index contributed by atoms with van der Waals surface area (Å²) in [5.41, 5.74) is 0. The van der Waals surface area contributed by atoms with Gasteiger partial charge in [0.05, 0.1) is 27.1 Å². The molecule has 0 bridgehead atoms. The first-order valence-corrected chi connectivity index (χ1v) is 10.1. The predicted octanol–water partition coefficient (Wildman–Crippen LogP) is 4.62. The van der Waals surface area contributed by atoms with E-state index in [1.807, 2.05) is 21.1 Å². The van der Waals surface area contributed by atoms with Crippen LogP contribution in [0.1, 0.15) is 77.6 Å². The second-order valence-electron chi connectivity index (χ2n) is 8.30. The van der Waals surface area contributed by atoms with Crippen LogP contribution in [0.25, 0.3) is 0 Å². The van der Waals surface area contributed by atoms with E-state index in [-0.39, 0.29) is 0 Å². The van der Waals surface area contributed by atoms with Crippen LogP contribution in [0.15, 0.2) is 12.2 Å². The van der Waals surface area contributed by atoms with Gasteiger partial charge in [-0.25, -0.2) is 0 Å². The second-order valence-corrected chi connectivity index (χ2v) is 8.30. The number of aliphatic hydroxyl groups excluding tert-OH is 1. The molecular formula is C21H42NO3+. The molecule has 0 saturated heterocycles. The van der Waals surface area contributed by atoms with Crippen molar-refractivity contribution in [3.63, 3.8) is 0 Å². The number of nitrogens with zero attached hydrogens (tertiary/aromatic N) is 1. The Labute approximate surface area is 155 Å². The van der Waals surface area contributed by atoms with Crippen LogP contribution in [-0.4, -0.2) is 54.5 Å². The van der Waals surface area contributed by atoms with E-state index >= 15 is 0 Å². The Bertz CT molecular complexity index is 361. The van der Waals surface area contributed by atoms with Crippen LogP contribution in [0, 0.1) is 5.92 Å². The molecule has 2 N–H and O–H groups in total.